The first-order chi connectivity index (χ1) is 12.7. The fourth-order valence-corrected chi connectivity index (χ4v) is 2.17. The van der Waals surface area contributed by atoms with Gasteiger partial charge in [-0.1, -0.05) is 30.3 Å². The van der Waals surface area contributed by atoms with Crippen molar-refractivity contribution in [3.8, 4) is 0 Å². The lowest BCUT2D eigenvalue weighted by Crippen LogP contribution is -2.36. The van der Waals surface area contributed by atoms with Crippen molar-refractivity contribution in [1.29, 1.82) is 0 Å². The Bertz CT molecular complexity index is 772. The van der Waals surface area contributed by atoms with Crippen LogP contribution in [-0.2, 0) is 17.5 Å². The molecule has 0 spiro atoms. The van der Waals surface area contributed by atoms with Gasteiger partial charge in [0.05, 0.1) is 5.56 Å². The minimum Gasteiger partial charge on any atom is -0.445 e. The van der Waals surface area contributed by atoms with Gasteiger partial charge in [0.25, 0.3) is 0 Å². The number of nitrogens with zero attached hydrogens (tertiary/aromatic N) is 1. The molecule has 5 N–H and O–H groups in total. The van der Waals surface area contributed by atoms with Gasteiger partial charge in [-0.05, 0) is 11.6 Å². The van der Waals surface area contributed by atoms with Gasteiger partial charge < -0.3 is 26.0 Å². The number of alkyl halides is 3. The van der Waals surface area contributed by atoms with Gasteiger partial charge in [0.1, 0.15) is 24.6 Å². The number of amides is 1. The number of nitrogens with two attached hydrogens (primary N) is 1. The van der Waals surface area contributed by atoms with Crippen LogP contribution in [0.3, 0.4) is 0 Å². The number of ether oxygens (including phenoxy) is 1. The second-order valence-corrected chi connectivity index (χ2v) is 5.65. The Kier molecular flexibility index (Phi) is 6.59. The molecule has 1 heterocycles. The minimum absolute atomic E-state index is 0.00415. The summed E-state index contributed by atoms with van der Waals surface area (Å²) in [6, 6.07) is 9.43. The molecule has 2 unspecified atom stereocenters. The van der Waals surface area contributed by atoms with Crippen molar-refractivity contribution < 1.29 is 32.9 Å². The number of aromatic nitrogens is 1. The Morgan fingerprint density at radius 1 is 1.26 bits per heavy atom. The highest BCUT2D eigenvalue weighted by atomic mass is 19.4. The zero-order valence-electron chi connectivity index (χ0n) is 14.0. The third kappa shape index (κ3) is 5.83. The van der Waals surface area contributed by atoms with Crippen LogP contribution in [0.15, 0.2) is 42.6 Å². The number of benzene rings is 1. The number of pyridine rings is 1. The van der Waals surface area contributed by atoms with E-state index >= 15 is 0 Å². The number of nitrogens with one attached hydrogen (secondary N) is 1. The Morgan fingerprint density at radius 3 is 2.56 bits per heavy atom. The summed E-state index contributed by atoms with van der Waals surface area (Å²) in [5.41, 5.74) is 4.71. The molecule has 0 radical (unpaired) electrons. The number of alkyl carbamates (subject to hydrolysis) is 1. The van der Waals surface area contributed by atoms with E-state index in [4.69, 9.17) is 10.5 Å². The molecule has 2 aromatic rings. The summed E-state index contributed by atoms with van der Waals surface area (Å²) in [6.07, 6.45) is -8.42. The number of hydrogen-bond donors (Lipinski definition) is 4. The zero-order chi connectivity index (χ0) is 20.0. The quantitative estimate of drug-likeness (QED) is 0.604. The zero-order valence-corrected chi connectivity index (χ0v) is 14.0. The number of aliphatic hydroxyl groups excluding tert-OH is 2. The highest BCUT2D eigenvalue weighted by Gasteiger charge is 2.33. The van der Waals surface area contributed by atoms with E-state index in [9.17, 15) is 28.2 Å². The van der Waals surface area contributed by atoms with Crippen molar-refractivity contribution in [3.63, 3.8) is 0 Å². The fraction of sp³-hybridized carbons (Fsp3) is 0.294. The van der Waals surface area contributed by atoms with E-state index in [0.29, 0.717) is 12.3 Å². The molecule has 146 valence electrons. The van der Waals surface area contributed by atoms with E-state index in [1.165, 1.54) is 0 Å². The van der Waals surface area contributed by atoms with E-state index in [2.05, 4.69) is 10.3 Å². The van der Waals surface area contributed by atoms with E-state index in [0.717, 1.165) is 5.56 Å². The number of carbonyl (C=O) groups is 1. The Labute approximate surface area is 152 Å². The first-order valence-electron chi connectivity index (χ1n) is 7.81. The van der Waals surface area contributed by atoms with Crippen LogP contribution in [0, 0.1) is 0 Å². The summed E-state index contributed by atoms with van der Waals surface area (Å²) >= 11 is 0. The molecular formula is C17H18F3N3O4. The predicted octanol–water partition coefficient (Wildman–Crippen LogP) is 2.00. The molecule has 0 bridgehead atoms. The number of anilines is 1. The van der Waals surface area contributed by atoms with E-state index in [1.807, 2.05) is 0 Å². The maximum absolute atomic E-state index is 12.7. The van der Waals surface area contributed by atoms with Crippen LogP contribution in [0.2, 0.25) is 0 Å². The molecular weight excluding hydrogens is 367 g/mol. The van der Waals surface area contributed by atoms with Crippen LogP contribution < -0.4 is 11.1 Å². The molecule has 0 aliphatic rings. The normalized spacial score (nSPS) is 13.7. The third-order valence-corrected chi connectivity index (χ3v) is 3.63. The lowest BCUT2D eigenvalue weighted by atomic mass is 10.0. The molecule has 2 rings (SSSR count). The average Bonchev–Trinajstić information content (AvgIpc) is 2.64. The standard InChI is InChI=1S/C17H18F3N3O4/c18-17(19,20)11-6-12(15(21)22-7-11)14(25)13(24)8-23-16(26)27-9-10-4-2-1-3-5-10/h1-7,13-14,24-25H,8-9H2,(H2,21,22)(H,23,26). The van der Waals surface area contributed by atoms with Crippen LogP contribution >= 0.6 is 0 Å². The van der Waals surface area contributed by atoms with E-state index < -0.39 is 42.1 Å². The summed E-state index contributed by atoms with van der Waals surface area (Å²) < 4.78 is 43.2. The topological polar surface area (TPSA) is 118 Å². The second-order valence-electron chi connectivity index (χ2n) is 5.65. The highest BCUT2D eigenvalue weighted by Crippen LogP contribution is 2.32. The Balaban J connectivity index is 1.91. The fourth-order valence-electron chi connectivity index (χ4n) is 2.17. The highest BCUT2D eigenvalue weighted by molar-refractivity contribution is 5.67. The molecule has 10 heteroatoms. The number of nitrogen functional groups attached to an aromatic ring is 1. The van der Waals surface area contributed by atoms with Gasteiger partial charge in [0.2, 0.25) is 0 Å². The largest absolute Gasteiger partial charge is 0.445 e. The molecule has 0 saturated carbocycles. The van der Waals surface area contributed by atoms with E-state index in [1.54, 1.807) is 30.3 Å². The van der Waals surface area contributed by atoms with Gasteiger partial charge in [-0.3, -0.25) is 0 Å². The molecule has 0 aliphatic carbocycles. The van der Waals surface area contributed by atoms with Crippen molar-refractivity contribution in [2.24, 2.45) is 0 Å². The maximum atomic E-state index is 12.7. The third-order valence-electron chi connectivity index (χ3n) is 3.63. The summed E-state index contributed by atoms with van der Waals surface area (Å²) in [5.74, 6) is -0.360. The molecule has 0 aliphatic heterocycles. The van der Waals surface area contributed by atoms with Crippen LogP contribution in [0.1, 0.15) is 22.8 Å². The van der Waals surface area contributed by atoms with Gasteiger partial charge in [-0.2, -0.15) is 13.2 Å². The summed E-state index contributed by atoms with van der Waals surface area (Å²) in [5, 5.41) is 22.2. The second kappa shape index (κ2) is 8.69. The van der Waals surface area contributed by atoms with Gasteiger partial charge in [0, 0.05) is 18.3 Å². The number of carbonyl (C=O) groups excluding carboxylic acids is 1. The summed E-state index contributed by atoms with van der Waals surface area (Å²) in [4.78, 5) is 15.0. The number of rotatable bonds is 6. The molecule has 0 fully saturated rings. The van der Waals surface area contributed by atoms with Crippen LogP contribution in [-0.4, -0.2) is 33.9 Å². The first kappa shape index (κ1) is 20.5. The molecule has 1 amide bonds. The first-order valence-corrected chi connectivity index (χ1v) is 7.81. The Morgan fingerprint density at radius 2 is 1.93 bits per heavy atom. The molecule has 1 aromatic carbocycles. The van der Waals surface area contributed by atoms with Crippen LogP contribution in [0.25, 0.3) is 0 Å². The number of hydrogen-bond acceptors (Lipinski definition) is 6. The van der Waals surface area contributed by atoms with E-state index in [-0.39, 0.29) is 12.4 Å². The monoisotopic (exact) mass is 385 g/mol. The molecule has 27 heavy (non-hydrogen) atoms. The van der Waals surface area contributed by atoms with Gasteiger partial charge in [-0.15, -0.1) is 0 Å². The van der Waals surface area contributed by atoms with Crippen LogP contribution in [0.4, 0.5) is 23.8 Å². The van der Waals surface area contributed by atoms with Crippen molar-refractivity contribution in [2.45, 2.75) is 25.0 Å². The maximum Gasteiger partial charge on any atom is 0.417 e. The molecule has 0 saturated heterocycles. The lowest BCUT2D eigenvalue weighted by Gasteiger charge is -2.20. The summed E-state index contributed by atoms with van der Waals surface area (Å²) in [6.45, 7) is -0.472. The smallest absolute Gasteiger partial charge is 0.417 e. The molecule has 1 aromatic heterocycles. The van der Waals surface area contributed by atoms with Gasteiger partial charge in [-0.25, -0.2) is 9.78 Å². The minimum atomic E-state index is -4.68. The Hall–Kier alpha value is -2.85. The molecule has 2 atom stereocenters. The van der Waals surface area contributed by atoms with Crippen molar-refractivity contribution in [3.05, 3.63) is 59.3 Å². The van der Waals surface area contributed by atoms with Crippen molar-refractivity contribution in [1.82, 2.24) is 10.3 Å². The number of halogens is 3. The van der Waals surface area contributed by atoms with Gasteiger partial charge >= 0.3 is 12.3 Å². The van der Waals surface area contributed by atoms with Gasteiger partial charge in [0.15, 0.2) is 0 Å². The van der Waals surface area contributed by atoms with Crippen molar-refractivity contribution >= 4 is 11.9 Å². The SMILES string of the molecule is Nc1ncc(C(F)(F)F)cc1C(O)C(O)CNC(=O)OCc1ccccc1. The number of aliphatic hydroxyl groups is 2. The predicted molar refractivity (Wildman–Crippen MR) is 89.2 cm³/mol. The molecule has 7 nitrogen and oxygen atoms in total. The van der Waals surface area contributed by atoms with Crippen molar-refractivity contribution in [2.75, 3.05) is 12.3 Å². The summed E-state index contributed by atoms with van der Waals surface area (Å²) in [7, 11) is 0. The van der Waals surface area contributed by atoms with Crippen LogP contribution in [0.5, 0.6) is 0 Å². The lowest BCUT2D eigenvalue weighted by molar-refractivity contribution is -0.138. The average molecular weight is 385 g/mol.